The minimum Gasteiger partial charge on any atom is -0.493 e. The maximum atomic E-state index is 13.0. The van der Waals surface area contributed by atoms with E-state index in [2.05, 4.69) is 0 Å². The number of hydrogen-bond donors (Lipinski definition) is 1. The van der Waals surface area contributed by atoms with Gasteiger partial charge in [-0.3, -0.25) is 4.79 Å². The molecule has 162 valence electrons. The Morgan fingerprint density at radius 1 is 0.903 bits per heavy atom. The quantitative estimate of drug-likeness (QED) is 0.315. The number of rotatable bonds is 9. The topological polar surface area (TPSA) is 104 Å². The molecule has 0 fully saturated rings. The summed E-state index contributed by atoms with van der Waals surface area (Å²) in [5.74, 6) is 0.516. The SMILES string of the molecule is COc1cc(CC(=O)c2ccccc2OC(=O)c2ccc(CO)o2)cc(OC)c1OC. The third-order valence-corrected chi connectivity index (χ3v) is 4.50. The Labute approximate surface area is 178 Å². The van der Waals surface area contributed by atoms with Crippen LogP contribution >= 0.6 is 0 Å². The van der Waals surface area contributed by atoms with E-state index in [1.165, 1.54) is 39.5 Å². The van der Waals surface area contributed by atoms with E-state index in [0.717, 1.165) is 0 Å². The zero-order valence-electron chi connectivity index (χ0n) is 17.3. The molecule has 0 saturated carbocycles. The van der Waals surface area contributed by atoms with Crippen LogP contribution in [-0.4, -0.2) is 38.2 Å². The smallest absolute Gasteiger partial charge is 0.379 e. The normalized spacial score (nSPS) is 10.5. The van der Waals surface area contributed by atoms with Gasteiger partial charge >= 0.3 is 5.97 Å². The molecule has 0 amide bonds. The number of esters is 1. The molecule has 0 aliphatic rings. The highest BCUT2D eigenvalue weighted by Gasteiger charge is 2.20. The predicted molar refractivity (Wildman–Crippen MR) is 110 cm³/mol. The van der Waals surface area contributed by atoms with Crippen molar-refractivity contribution in [1.29, 1.82) is 0 Å². The monoisotopic (exact) mass is 426 g/mol. The number of aliphatic hydroxyl groups is 1. The van der Waals surface area contributed by atoms with Crippen molar-refractivity contribution in [2.45, 2.75) is 13.0 Å². The molecule has 0 aliphatic carbocycles. The second-order valence-electron chi connectivity index (χ2n) is 6.44. The number of hydrogen-bond acceptors (Lipinski definition) is 8. The van der Waals surface area contributed by atoms with Crippen LogP contribution in [0.15, 0.2) is 52.9 Å². The Kier molecular flexibility index (Phi) is 6.94. The lowest BCUT2D eigenvalue weighted by Gasteiger charge is -2.14. The first-order valence-electron chi connectivity index (χ1n) is 9.33. The number of ketones is 1. The first-order valence-corrected chi connectivity index (χ1v) is 9.33. The predicted octanol–water partition coefficient (Wildman–Crippen LogP) is 3.44. The number of carbonyl (C=O) groups excluding carboxylic acids is 2. The van der Waals surface area contributed by atoms with Crippen LogP contribution in [-0.2, 0) is 13.0 Å². The van der Waals surface area contributed by atoms with Gasteiger partial charge < -0.3 is 28.5 Å². The average Bonchev–Trinajstić information content (AvgIpc) is 3.28. The molecule has 0 bridgehead atoms. The number of aliphatic hydroxyl groups excluding tert-OH is 1. The van der Waals surface area contributed by atoms with Crippen molar-refractivity contribution in [1.82, 2.24) is 0 Å². The van der Waals surface area contributed by atoms with Crippen molar-refractivity contribution in [2.24, 2.45) is 0 Å². The minimum atomic E-state index is -0.771. The summed E-state index contributed by atoms with van der Waals surface area (Å²) < 4.78 is 26.5. The summed E-state index contributed by atoms with van der Waals surface area (Å²) in [4.78, 5) is 25.4. The molecule has 8 heteroatoms. The van der Waals surface area contributed by atoms with Crippen LogP contribution in [0, 0.1) is 0 Å². The summed E-state index contributed by atoms with van der Waals surface area (Å²) in [6.45, 7) is -0.336. The number of para-hydroxylation sites is 1. The van der Waals surface area contributed by atoms with Crippen molar-refractivity contribution in [3.63, 3.8) is 0 Å². The highest BCUT2D eigenvalue weighted by atomic mass is 16.5. The van der Waals surface area contributed by atoms with Crippen LogP contribution in [0.4, 0.5) is 0 Å². The molecule has 3 aromatic rings. The fourth-order valence-corrected chi connectivity index (χ4v) is 3.03. The van der Waals surface area contributed by atoms with E-state index in [0.29, 0.717) is 22.8 Å². The summed E-state index contributed by atoms with van der Waals surface area (Å²) in [6.07, 6.45) is 0.0146. The zero-order chi connectivity index (χ0) is 22.4. The third-order valence-electron chi connectivity index (χ3n) is 4.50. The van der Waals surface area contributed by atoms with Gasteiger partial charge in [-0.2, -0.15) is 0 Å². The Morgan fingerprint density at radius 3 is 2.16 bits per heavy atom. The highest BCUT2D eigenvalue weighted by Crippen LogP contribution is 2.38. The van der Waals surface area contributed by atoms with E-state index in [4.69, 9.17) is 28.5 Å². The van der Waals surface area contributed by atoms with Crippen molar-refractivity contribution in [3.8, 4) is 23.0 Å². The van der Waals surface area contributed by atoms with Gasteiger partial charge in [0.25, 0.3) is 0 Å². The summed E-state index contributed by atoms with van der Waals surface area (Å²) in [7, 11) is 4.49. The molecular weight excluding hydrogens is 404 g/mol. The van der Waals surface area contributed by atoms with Crippen LogP contribution in [0.1, 0.15) is 32.2 Å². The lowest BCUT2D eigenvalue weighted by molar-refractivity contribution is 0.0694. The molecule has 0 saturated heterocycles. The first kappa shape index (κ1) is 21.9. The Morgan fingerprint density at radius 2 is 1.58 bits per heavy atom. The van der Waals surface area contributed by atoms with E-state index in [-0.39, 0.29) is 41.6 Å². The van der Waals surface area contributed by atoms with Crippen LogP contribution < -0.4 is 18.9 Å². The molecular formula is C23H22O8. The minimum absolute atomic E-state index is 0.0146. The van der Waals surface area contributed by atoms with Gasteiger partial charge in [0.05, 0.1) is 26.9 Å². The average molecular weight is 426 g/mol. The molecule has 31 heavy (non-hydrogen) atoms. The van der Waals surface area contributed by atoms with Gasteiger partial charge in [-0.1, -0.05) is 12.1 Å². The largest absolute Gasteiger partial charge is 0.493 e. The van der Waals surface area contributed by atoms with Crippen LogP contribution in [0.2, 0.25) is 0 Å². The van der Waals surface area contributed by atoms with Crippen LogP contribution in [0.3, 0.4) is 0 Å². The van der Waals surface area contributed by atoms with Crippen LogP contribution in [0.5, 0.6) is 23.0 Å². The number of Topliss-reactive ketones (excluding diaryl/α,β-unsaturated/α-hetero) is 1. The standard InChI is InChI=1S/C23H22O8/c1-27-20-11-14(12-21(28-2)22(20)29-3)10-17(25)16-6-4-5-7-18(16)31-23(26)19-9-8-15(13-24)30-19/h4-9,11-12,24H,10,13H2,1-3H3. The lowest BCUT2D eigenvalue weighted by atomic mass is 10.0. The molecule has 2 aromatic carbocycles. The molecule has 1 heterocycles. The molecule has 0 radical (unpaired) electrons. The van der Waals surface area contributed by atoms with Crippen molar-refractivity contribution in [3.05, 3.63) is 71.2 Å². The third kappa shape index (κ3) is 4.87. The van der Waals surface area contributed by atoms with E-state index in [1.54, 1.807) is 30.3 Å². The van der Waals surface area contributed by atoms with Gasteiger partial charge in [0.1, 0.15) is 18.1 Å². The number of methoxy groups -OCH3 is 3. The zero-order valence-corrected chi connectivity index (χ0v) is 17.3. The van der Waals surface area contributed by atoms with E-state index >= 15 is 0 Å². The highest BCUT2D eigenvalue weighted by molar-refractivity contribution is 6.01. The van der Waals surface area contributed by atoms with E-state index in [9.17, 15) is 9.59 Å². The lowest BCUT2D eigenvalue weighted by Crippen LogP contribution is -2.12. The molecule has 0 spiro atoms. The maximum Gasteiger partial charge on any atom is 0.379 e. The molecule has 8 nitrogen and oxygen atoms in total. The summed E-state index contributed by atoms with van der Waals surface area (Å²) in [5.41, 5.74) is 0.873. The fraction of sp³-hybridized carbons (Fsp3) is 0.217. The molecule has 0 aliphatic heterocycles. The summed E-state index contributed by atoms with van der Waals surface area (Å²) >= 11 is 0. The Hall–Kier alpha value is -3.78. The van der Waals surface area contributed by atoms with Crippen molar-refractivity contribution >= 4 is 11.8 Å². The number of carbonyl (C=O) groups is 2. The molecule has 3 rings (SSSR count). The van der Waals surface area contributed by atoms with Gasteiger partial charge in [-0.25, -0.2) is 4.79 Å². The second-order valence-corrected chi connectivity index (χ2v) is 6.44. The van der Waals surface area contributed by atoms with Gasteiger partial charge in [0.15, 0.2) is 17.3 Å². The second kappa shape index (κ2) is 9.82. The fourth-order valence-electron chi connectivity index (χ4n) is 3.03. The van der Waals surface area contributed by atoms with Gasteiger partial charge in [0.2, 0.25) is 11.5 Å². The Balaban J connectivity index is 1.84. The summed E-state index contributed by atoms with van der Waals surface area (Å²) in [5, 5.41) is 9.07. The molecule has 1 aromatic heterocycles. The first-order chi connectivity index (χ1) is 15.0. The molecule has 0 atom stereocenters. The van der Waals surface area contributed by atoms with E-state index < -0.39 is 5.97 Å². The van der Waals surface area contributed by atoms with Gasteiger partial charge in [0, 0.05) is 6.42 Å². The maximum absolute atomic E-state index is 13.0. The van der Waals surface area contributed by atoms with Crippen molar-refractivity contribution in [2.75, 3.05) is 21.3 Å². The number of ether oxygens (including phenoxy) is 4. The van der Waals surface area contributed by atoms with Crippen molar-refractivity contribution < 1.29 is 38.1 Å². The molecule has 0 unspecified atom stereocenters. The number of benzene rings is 2. The van der Waals surface area contributed by atoms with Gasteiger partial charge in [-0.05, 0) is 42.0 Å². The Bertz CT molecular complexity index is 1060. The molecule has 1 N–H and O–H groups in total. The van der Waals surface area contributed by atoms with Crippen LogP contribution in [0.25, 0.3) is 0 Å². The summed E-state index contributed by atoms with van der Waals surface area (Å²) in [6, 6.07) is 12.7. The number of furan rings is 1. The van der Waals surface area contributed by atoms with Gasteiger partial charge in [-0.15, -0.1) is 0 Å². The van der Waals surface area contributed by atoms with E-state index in [1.807, 2.05) is 0 Å².